The second-order valence-electron chi connectivity index (χ2n) is 5.28. The molecule has 0 aliphatic rings. The molecule has 0 amide bonds. The second-order valence-corrected chi connectivity index (χ2v) is 6.19. The van der Waals surface area contributed by atoms with E-state index in [1.165, 1.54) is 0 Å². The van der Waals surface area contributed by atoms with Gasteiger partial charge in [0.05, 0.1) is 0 Å². The molecule has 0 saturated carbocycles. The zero-order valence-corrected chi connectivity index (χ0v) is 15.0. The summed E-state index contributed by atoms with van der Waals surface area (Å²) in [6.45, 7) is 8.35. The Balaban J connectivity index is 2.23. The molecule has 0 fully saturated rings. The number of benzene rings is 1. The number of anilines is 3. The maximum Gasteiger partial charge on any atom is 0.136 e. The minimum Gasteiger partial charge on any atom is -0.356 e. The molecule has 1 heterocycles. The molecule has 2 aromatic rings. The van der Waals surface area contributed by atoms with Crippen LogP contribution in [0.5, 0.6) is 0 Å². The number of rotatable bonds is 7. The van der Waals surface area contributed by atoms with Crippen molar-refractivity contribution >= 4 is 33.3 Å². The van der Waals surface area contributed by atoms with Crippen molar-refractivity contribution in [3.8, 4) is 0 Å². The second kappa shape index (κ2) is 8.13. The fourth-order valence-corrected chi connectivity index (χ4v) is 2.60. The van der Waals surface area contributed by atoms with Crippen LogP contribution in [0, 0.1) is 6.92 Å². The van der Waals surface area contributed by atoms with Crippen molar-refractivity contribution in [1.29, 1.82) is 0 Å². The number of hydrogen-bond donors (Lipinski definition) is 1. The molecule has 1 aromatic heterocycles. The third-order valence-electron chi connectivity index (χ3n) is 3.25. The molecule has 1 aromatic carbocycles. The van der Waals surface area contributed by atoms with Gasteiger partial charge in [0.25, 0.3) is 0 Å². The molecule has 22 heavy (non-hydrogen) atoms. The number of aryl methyl sites for hydroxylation is 1. The van der Waals surface area contributed by atoms with E-state index < -0.39 is 0 Å². The first-order valence-electron chi connectivity index (χ1n) is 7.75. The largest absolute Gasteiger partial charge is 0.356 e. The highest BCUT2D eigenvalue weighted by molar-refractivity contribution is 9.10. The van der Waals surface area contributed by atoms with Gasteiger partial charge < -0.3 is 10.2 Å². The van der Waals surface area contributed by atoms with Crippen molar-refractivity contribution in [1.82, 2.24) is 9.97 Å². The van der Waals surface area contributed by atoms with Crippen LogP contribution in [0.3, 0.4) is 0 Å². The molecule has 0 aliphatic heterocycles. The lowest BCUT2D eigenvalue weighted by Gasteiger charge is -2.23. The molecule has 0 saturated heterocycles. The topological polar surface area (TPSA) is 41.0 Å². The van der Waals surface area contributed by atoms with E-state index in [0.29, 0.717) is 0 Å². The Bertz CT molecular complexity index is 592. The van der Waals surface area contributed by atoms with Crippen molar-refractivity contribution in [2.24, 2.45) is 0 Å². The molecule has 0 unspecified atom stereocenters. The maximum absolute atomic E-state index is 4.59. The Morgan fingerprint density at radius 1 is 1.05 bits per heavy atom. The van der Waals surface area contributed by atoms with E-state index in [4.69, 9.17) is 0 Å². The molecule has 0 aliphatic carbocycles. The van der Waals surface area contributed by atoms with Crippen LogP contribution in [0.2, 0.25) is 0 Å². The minimum absolute atomic E-state index is 0.786. The smallest absolute Gasteiger partial charge is 0.136 e. The van der Waals surface area contributed by atoms with Gasteiger partial charge in [0.2, 0.25) is 0 Å². The molecule has 5 heteroatoms. The summed E-state index contributed by atoms with van der Waals surface area (Å²) in [5, 5.41) is 3.35. The van der Waals surface area contributed by atoms with Crippen LogP contribution in [-0.4, -0.2) is 23.1 Å². The molecule has 0 bridgehead atoms. The van der Waals surface area contributed by atoms with Gasteiger partial charge in [0.15, 0.2) is 0 Å². The fourth-order valence-electron chi connectivity index (χ4n) is 2.34. The first-order valence-corrected chi connectivity index (χ1v) is 8.55. The molecule has 118 valence electrons. The van der Waals surface area contributed by atoms with Crippen molar-refractivity contribution in [3.05, 3.63) is 40.6 Å². The normalized spacial score (nSPS) is 10.5. The summed E-state index contributed by atoms with van der Waals surface area (Å²) in [6, 6.07) is 10.1. The third-order valence-corrected chi connectivity index (χ3v) is 3.78. The Labute approximate surface area is 141 Å². The molecular weight excluding hydrogens is 340 g/mol. The van der Waals surface area contributed by atoms with E-state index in [0.717, 1.165) is 53.6 Å². The zero-order valence-electron chi connectivity index (χ0n) is 13.4. The zero-order chi connectivity index (χ0) is 15.9. The van der Waals surface area contributed by atoms with Crippen LogP contribution in [0.4, 0.5) is 17.3 Å². The number of halogens is 1. The highest BCUT2D eigenvalue weighted by Gasteiger charge is 2.09. The van der Waals surface area contributed by atoms with Crippen molar-refractivity contribution in [2.45, 2.75) is 33.6 Å². The van der Waals surface area contributed by atoms with Gasteiger partial charge in [0, 0.05) is 29.3 Å². The van der Waals surface area contributed by atoms with Crippen molar-refractivity contribution in [3.63, 3.8) is 0 Å². The molecule has 0 atom stereocenters. The summed E-state index contributed by atoms with van der Waals surface area (Å²) in [7, 11) is 0. The first kappa shape index (κ1) is 16.7. The number of hydrogen-bond acceptors (Lipinski definition) is 4. The monoisotopic (exact) mass is 362 g/mol. The molecule has 2 rings (SSSR count). The third kappa shape index (κ3) is 4.70. The first-order chi connectivity index (χ1) is 10.6. The van der Waals surface area contributed by atoms with Crippen LogP contribution in [0.25, 0.3) is 0 Å². The summed E-state index contributed by atoms with van der Waals surface area (Å²) >= 11 is 3.45. The Hall–Kier alpha value is -1.62. The quantitative estimate of drug-likeness (QED) is 0.758. The van der Waals surface area contributed by atoms with Crippen LogP contribution in [0.1, 0.15) is 32.5 Å². The van der Waals surface area contributed by atoms with Gasteiger partial charge in [0.1, 0.15) is 17.5 Å². The standard InChI is InChI=1S/C17H23BrN4/c1-4-10-22(11-5-2)17-12-16(19-13(3)20-17)21-15-8-6-14(18)7-9-15/h6-9,12H,4-5,10-11H2,1-3H3,(H,19,20,21). The lowest BCUT2D eigenvalue weighted by atomic mass is 10.3. The van der Waals surface area contributed by atoms with Gasteiger partial charge in [-0.3, -0.25) is 0 Å². The average molecular weight is 363 g/mol. The lowest BCUT2D eigenvalue weighted by molar-refractivity contribution is 0.730. The average Bonchev–Trinajstić information content (AvgIpc) is 2.49. The van der Waals surface area contributed by atoms with E-state index in [1.807, 2.05) is 37.3 Å². The fraction of sp³-hybridized carbons (Fsp3) is 0.412. The van der Waals surface area contributed by atoms with Crippen LogP contribution in [0.15, 0.2) is 34.8 Å². The summed E-state index contributed by atoms with van der Waals surface area (Å²) < 4.78 is 1.06. The molecule has 1 N–H and O–H groups in total. The Kier molecular flexibility index (Phi) is 6.19. The summed E-state index contributed by atoms with van der Waals surface area (Å²) in [6.07, 6.45) is 2.22. The number of nitrogens with one attached hydrogen (secondary N) is 1. The molecular formula is C17H23BrN4. The predicted octanol–water partition coefficient (Wildman–Crippen LogP) is 4.92. The van der Waals surface area contributed by atoms with Crippen LogP contribution < -0.4 is 10.2 Å². The molecule has 0 radical (unpaired) electrons. The summed E-state index contributed by atoms with van der Waals surface area (Å²) in [5.41, 5.74) is 1.02. The van der Waals surface area contributed by atoms with Gasteiger partial charge >= 0.3 is 0 Å². The van der Waals surface area contributed by atoms with E-state index in [2.05, 4.69) is 50.0 Å². The Morgan fingerprint density at radius 3 is 2.27 bits per heavy atom. The van der Waals surface area contributed by atoms with E-state index >= 15 is 0 Å². The van der Waals surface area contributed by atoms with Crippen molar-refractivity contribution < 1.29 is 0 Å². The van der Waals surface area contributed by atoms with Gasteiger partial charge in [-0.25, -0.2) is 9.97 Å². The maximum atomic E-state index is 4.59. The van der Waals surface area contributed by atoms with Crippen molar-refractivity contribution in [2.75, 3.05) is 23.3 Å². The highest BCUT2D eigenvalue weighted by atomic mass is 79.9. The van der Waals surface area contributed by atoms with Crippen LogP contribution in [-0.2, 0) is 0 Å². The minimum atomic E-state index is 0.786. The van der Waals surface area contributed by atoms with E-state index in [9.17, 15) is 0 Å². The molecule has 0 spiro atoms. The van der Waals surface area contributed by atoms with Gasteiger partial charge in [-0.1, -0.05) is 29.8 Å². The summed E-state index contributed by atoms with van der Waals surface area (Å²) in [4.78, 5) is 11.4. The lowest BCUT2D eigenvalue weighted by Crippen LogP contribution is -2.26. The molecule has 4 nitrogen and oxygen atoms in total. The van der Waals surface area contributed by atoms with E-state index in [1.54, 1.807) is 0 Å². The van der Waals surface area contributed by atoms with E-state index in [-0.39, 0.29) is 0 Å². The summed E-state index contributed by atoms with van der Waals surface area (Å²) in [5.74, 6) is 2.62. The van der Waals surface area contributed by atoms with Gasteiger partial charge in [-0.05, 0) is 44.0 Å². The van der Waals surface area contributed by atoms with Gasteiger partial charge in [-0.2, -0.15) is 0 Å². The predicted molar refractivity (Wildman–Crippen MR) is 97.0 cm³/mol. The van der Waals surface area contributed by atoms with Gasteiger partial charge in [-0.15, -0.1) is 0 Å². The SMILES string of the molecule is CCCN(CCC)c1cc(Nc2ccc(Br)cc2)nc(C)n1. The van der Waals surface area contributed by atoms with Crippen LogP contribution >= 0.6 is 15.9 Å². The number of nitrogens with zero attached hydrogens (tertiary/aromatic N) is 3. The number of aromatic nitrogens is 2. The Morgan fingerprint density at radius 2 is 1.68 bits per heavy atom. The highest BCUT2D eigenvalue weighted by Crippen LogP contribution is 2.21.